The Bertz CT molecular complexity index is 1270. The lowest BCUT2D eigenvalue weighted by molar-refractivity contribution is 0.0950. The number of aromatic nitrogens is 2. The van der Waals surface area contributed by atoms with E-state index in [1.54, 1.807) is 32.4 Å². The summed E-state index contributed by atoms with van der Waals surface area (Å²) in [4.78, 5) is 12.6. The van der Waals surface area contributed by atoms with Gasteiger partial charge in [0.05, 0.1) is 25.6 Å². The molecule has 1 heterocycles. The molecule has 0 saturated carbocycles. The highest BCUT2D eigenvalue weighted by molar-refractivity contribution is 6.10. The van der Waals surface area contributed by atoms with Crippen LogP contribution in [-0.4, -0.2) is 36.0 Å². The summed E-state index contributed by atoms with van der Waals surface area (Å²) in [6.07, 6.45) is 0. The minimum absolute atomic E-state index is 0.305. The fourth-order valence-corrected chi connectivity index (χ4v) is 3.38. The third kappa shape index (κ3) is 4.11. The number of fused-ring (bicyclic) bond motifs is 1. The molecule has 1 aromatic heterocycles. The maximum absolute atomic E-state index is 12.6. The van der Waals surface area contributed by atoms with Crippen LogP contribution in [0.15, 0.2) is 71.8 Å². The second-order valence-electron chi connectivity index (χ2n) is 6.90. The number of ether oxygens (including phenoxy) is 2. The molecule has 0 bridgehead atoms. The van der Waals surface area contributed by atoms with Crippen LogP contribution in [0.3, 0.4) is 0 Å². The molecule has 0 aliphatic carbocycles. The van der Waals surface area contributed by atoms with Gasteiger partial charge in [0.2, 0.25) is 0 Å². The van der Waals surface area contributed by atoms with Crippen LogP contribution in [0, 0.1) is 0 Å². The van der Waals surface area contributed by atoms with Crippen molar-refractivity contribution in [2.45, 2.75) is 6.92 Å². The number of rotatable bonds is 6. The first kappa shape index (κ1) is 20.2. The number of hydrazone groups is 1. The average Bonchev–Trinajstić information content (AvgIpc) is 3.32. The molecule has 0 radical (unpaired) electrons. The molecule has 7 nitrogen and oxygen atoms in total. The molecule has 1 amide bonds. The Morgan fingerprint density at radius 3 is 2.55 bits per heavy atom. The molecule has 4 aromatic rings. The van der Waals surface area contributed by atoms with E-state index in [1.807, 2.05) is 55.5 Å². The van der Waals surface area contributed by atoms with Crippen molar-refractivity contribution >= 4 is 22.4 Å². The maximum Gasteiger partial charge on any atom is 0.289 e. The second-order valence-corrected chi connectivity index (χ2v) is 6.90. The van der Waals surface area contributed by atoms with Crippen LogP contribution < -0.4 is 14.9 Å². The Balaban J connectivity index is 1.53. The summed E-state index contributed by atoms with van der Waals surface area (Å²) in [6, 6.07) is 21.2. The Kier molecular flexibility index (Phi) is 5.66. The minimum Gasteiger partial charge on any atom is -0.493 e. The van der Waals surface area contributed by atoms with Crippen molar-refractivity contribution < 1.29 is 14.3 Å². The number of carbonyl (C=O) groups is 1. The SMILES string of the molecule is COc1ccc(-c2cc(C(=O)NN=C(C)c3cccc4ccccc34)[nH]n2)cc1OC. The average molecular weight is 414 g/mol. The monoisotopic (exact) mass is 414 g/mol. The summed E-state index contributed by atoms with van der Waals surface area (Å²) < 4.78 is 10.6. The number of nitrogens with one attached hydrogen (secondary N) is 2. The van der Waals surface area contributed by atoms with Crippen LogP contribution in [0.4, 0.5) is 0 Å². The van der Waals surface area contributed by atoms with E-state index in [0.29, 0.717) is 28.6 Å². The molecule has 3 aromatic carbocycles. The molecule has 0 aliphatic heterocycles. The normalized spacial score (nSPS) is 11.4. The largest absolute Gasteiger partial charge is 0.493 e. The van der Waals surface area contributed by atoms with Gasteiger partial charge in [-0.15, -0.1) is 0 Å². The lowest BCUT2D eigenvalue weighted by atomic mass is 10.0. The molecule has 0 aliphatic rings. The van der Waals surface area contributed by atoms with E-state index in [-0.39, 0.29) is 5.91 Å². The van der Waals surface area contributed by atoms with Crippen molar-refractivity contribution in [2.75, 3.05) is 14.2 Å². The summed E-state index contributed by atoms with van der Waals surface area (Å²) in [7, 11) is 3.15. The zero-order valence-electron chi connectivity index (χ0n) is 17.5. The standard InChI is InChI=1S/C24H22N4O3/c1-15(18-10-6-8-16-7-4-5-9-19(16)18)25-28-24(29)21-14-20(26-27-21)17-11-12-22(30-2)23(13-17)31-3/h4-14H,1-3H3,(H,26,27)(H,28,29). The number of H-pyrrole nitrogens is 1. The van der Waals surface area contributed by atoms with Gasteiger partial charge in [-0.3, -0.25) is 9.89 Å². The molecule has 0 saturated heterocycles. The molecule has 4 rings (SSSR count). The number of benzene rings is 3. The van der Waals surface area contributed by atoms with E-state index in [0.717, 1.165) is 21.9 Å². The first-order valence-electron chi connectivity index (χ1n) is 9.71. The van der Waals surface area contributed by atoms with Gasteiger partial charge in [-0.1, -0.05) is 42.5 Å². The zero-order valence-corrected chi connectivity index (χ0v) is 17.5. The summed E-state index contributed by atoms with van der Waals surface area (Å²) in [6.45, 7) is 1.87. The molecular weight excluding hydrogens is 392 g/mol. The molecule has 2 N–H and O–H groups in total. The van der Waals surface area contributed by atoms with Gasteiger partial charge in [-0.25, -0.2) is 5.43 Å². The van der Waals surface area contributed by atoms with Gasteiger partial charge >= 0.3 is 0 Å². The topological polar surface area (TPSA) is 88.6 Å². The Morgan fingerprint density at radius 1 is 0.968 bits per heavy atom. The Labute approximate surface area is 179 Å². The minimum atomic E-state index is -0.376. The van der Waals surface area contributed by atoms with Crippen molar-refractivity contribution in [3.63, 3.8) is 0 Å². The van der Waals surface area contributed by atoms with Crippen molar-refractivity contribution in [3.8, 4) is 22.8 Å². The molecule has 0 fully saturated rings. The summed E-state index contributed by atoms with van der Waals surface area (Å²) in [5.41, 5.74) is 5.99. The number of aromatic amines is 1. The second kappa shape index (κ2) is 8.71. The molecular formula is C24H22N4O3. The number of hydrogen-bond donors (Lipinski definition) is 2. The van der Waals surface area contributed by atoms with E-state index >= 15 is 0 Å². The van der Waals surface area contributed by atoms with E-state index in [1.165, 1.54) is 0 Å². The molecule has 31 heavy (non-hydrogen) atoms. The van der Waals surface area contributed by atoms with Crippen LogP contribution in [0.1, 0.15) is 23.0 Å². The number of amides is 1. The van der Waals surface area contributed by atoms with Gasteiger partial charge in [0, 0.05) is 11.1 Å². The van der Waals surface area contributed by atoms with E-state index in [9.17, 15) is 4.79 Å². The van der Waals surface area contributed by atoms with Crippen LogP contribution in [0.5, 0.6) is 11.5 Å². The Morgan fingerprint density at radius 2 is 1.74 bits per heavy atom. The molecule has 0 atom stereocenters. The van der Waals surface area contributed by atoms with Gasteiger partial charge in [-0.2, -0.15) is 10.2 Å². The molecule has 0 spiro atoms. The third-order valence-corrected chi connectivity index (χ3v) is 5.01. The van der Waals surface area contributed by atoms with Gasteiger partial charge in [0.15, 0.2) is 11.5 Å². The van der Waals surface area contributed by atoms with Gasteiger partial charge < -0.3 is 9.47 Å². The lowest BCUT2D eigenvalue weighted by Crippen LogP contribution is -2.19. The predicted octanol–water partition coefficient (Wildman–Crippen LogP) is 4.40. The third-order valence-electron chi connectivity index (χ3n) is 5.01. The molecule has 7 heteroatoms. The van der Waals surface area contributed by atoms with Crippen LogP contribution in [0.25, 0.3) is 22.0 Å². The predicted molar refractivity (Wildman–Crippen MR) is 121 cm³/mol. The van der Waals surface area contributed by atoms with Crippen molar-refractivity contribution in [1.29, 1.82) is 0 Å². The molecule has 156 valence electrons. The quantitative estimate of drug-likeness (QED) is 0.362. The van der Waals surface area contributed by atoms with Gasteiger partial charge in [0.25, 0.3) is 5.91 Å². The molecule has 0 unspecified atom stereocenters. The number of nitrogens with zero attached hydrogens (tertiary/aromatic N) is 2. The summed E-state index contributed by atoms with van der Waals surface area (Å²) >= 11 is 0. The highest BCUT2D eigenvalue weighted by Crippen LogP contribution is 2.31. The van der Waals surface area contributed by atoms with E-state index in [4.69, 9.17) is 9.47 Å². The number of methoxy groups -OCH3 is 2. The van der Waals surface area contributed by atoms with Gasteiger partial charge in [-0.05, 0) is 42.0 Å². The zero-order chi connectivity index (χ0) is 21.8. The first-order chi connectivity index (χ1) is 15.1. The maximum atomic E-state index is 12.6. The highest BCUT2D eigenvalue weighted by Gasteiger charge is 2.13. The Hall–Kier alpha value is -4.13. The fourth-order valence-electron chi connectivity index (χ4n) is 3.38. The van der Waals surface area contributed by atoms with Crippen molar-refractivity contribution in [2.24, 2.45) is 5.10 Å². The van der Waals surface area contributed by atoms with Crippen LogP contribution in [-0.2, 0) is 0 Å². The van der Waals surface area contributed by atoms with E-state index in [2.05, 4.69) is 20.7 Å². The fraction of sp³-hybridized carbons (Fsp3) is 0.125. The van der Waals surface area contributed by atoms with Gasteiger partial charge in [0.1, 0.15) is 5.69 Å². The lowest BCUT2D eigenvalue weighted by Gasteiger charge is -2.08. The number of carbonyl (C=O) groups excluding carboxylic acids is 1. The first-order valence-corrected chi connectivity index (χ1v) is 9.71. The smallest absolute Gasteiger partial charge is 0.289 e. The number of hydrogen-bond acceptors (Lipinski definition) is 5. The van der Waals surface area contributed by atoms with Crippen molar-refractivity contribution in [3.05, 3.63) is 78.0 Å². The van der Waals surface area contributed by atoms with Crippen LogP contribution >= 0.6 is 0 Å². The summed E-state index contributed by atoms with van der Waals surface area (Å²) in [5.74, 6) is 0.834. The van der Waals surface area contributed by atoms with E-state index < -0.39 is 0 Å². The van der Waals surface area contributed by atoms with Crippen molar-refractivity contribution in [1.82, 2.24) is 15.6 Å². The summed E-state index contributed by atoms with van der Waals surface area (Å²) in [5, 5.41) is 13.5. The van der Waals surface area contributed by atoms with Crippen LogP contribution in [0.2, 0.25) is 0 Å². The highest BCUT2D eigenvalue weighted by atomic mass is 16.5.